The lowest BCUT2D eigenvalue weighted by atomic mass is 9.79. The molecule has 0 spiro atoms. The summed E-state index contributed by atoms with van der Waals surface area (Å²) in [5, 5.41) is 13.1. The normalized spacial score (nSPS) is 17.4. The minimum absolute atomic E-state index is 0.0289. The van der Waals surface area contributed by atoms with Crippen LogP contribution in [0.4, 0.5) is 11.4 Å². The molecule has 2 aromatic carbocycles. The molecule has 0 aliphatic carbocycles. The van der Waals surface area contributed by atoms with Gasteiger partial charge in [-0.05, 0) is 69.0 Å². The summed E-state index contributed by atoms with van der Waals surface area (Å²) >= 11 is 12.0. The zero-order chi connectivity index (χ0) is 23.6. The molecule has 0 saturated carbocycles. The Balaban J connectivity index is 2.00. The van der Waals surface area contributed by atoms with Gasteiger partial charge in [-0.15, -0.1) is 0 Å². The van der Waals surface area contributed by atoms with Crippen molar-refractivity contribution in [2.24, 2.45) is 0 Å². The van der Waals surface area contributed by atoms with Crippen molar-refractivity contribution in [3.8, 4) is 11.8 Å². The third-order valence-electron chi connectivity index (χ3n) is 5.90. The number of benzene rings is 2. The Bertz CT molecular complexity index is 1120. The van der Waals surface area contributed by atoms with Crippen LogP contribution >= 0.6 is 23.2 Å². The Morgan fingerprint density at radius 1 is 1.31 bits per heavy atom. The van der Waals surface area contributed by atoms with Gasteiger partial charge in [0.15, 0.2) is 0 Å². The number of rotatable bonds is 5. The van der Waals surface area contributed by atoms with E-state index in [9.17, 15) is 10.1 Å². The third-order valence-corrected chi connectivity index (χ3v) is 6.63. The van der Waals surface area contributed by atoms with Gasteiger partial charge in [0, 0.05) is 35.1 Å². The highest BCUT2D eigenvalue weighted by Crippen LogP contribution is 2.46. The fourth-order valence-corrected chi connectivity index (χ4v) is 4.79. The van der Waals surface area contributed by atoms with Gasteiger partial charge < -0.3 is 15.0 Å². The van der Waals surface area contributed by atoms with Gasteiger partial charge in [0.2, 0.25) is 0 Å². The second-order valence-electron chi connectivity index (χ2n) is 8.57. The van der Waals surface area contributed by atoms with Crippen LogP contribution in [0.5, 0.6) is 5.75 Å². The molecule has 1 heterocycles. The van der Waals surface area contributed by atoms with Gasteiger partial charge in [0.05, 0.1) is 17.2 Å². The number of nitrogens with one attached hydrogen (secondary N) is 1. The predicted octanol–water partition coefficient (Wildman–Crippen LogP) is 6.66. The zero-order valence-corrected chi connectivity index (χ0v) is 20.4. The smallest absolute Gasteiger partial charge is 0.266 e. The topological polar surface area (TPSA) is 65.4 Å². The molecule has 2 aromatic rings. The van der Waals surface area contributed by atoms with Gasteiger partial charge in [-0.3, -0.25) is 4.79 Å². The lowest BCUT2D eigenvalue weighted by Gasteiger charge is -2.47. The van der Waals surface area contributed by atoms with Crippen molar-refractivity contribution in [3.05, 3.63) is 57.1 Å². The van der Waals surface area contributed by atoms with Crippen LogP contribution in [0.1, 0.15) is 51.2 Å². The number of amides is 1. The van der Waals surface area contributed by atoms with Crippen LogP contribution in [-0.2, 0) is 4.79 Å². The summed E-state index contributed by atoms with van der Waals surface area (Å²) < 4.78 is 5.64. The SMILES string of the molecule is CCN1c2cc(OC)c(/C=C(\C#N)C(=O)Nc3ccc(Cl)c(Cl)c3)cc2C(C)CC1(C)C. The minimum atomic E-state index is -0.532. The van der Waals surface area contributed by atoms with Gasteiger partial charge in [0.25, 0.3) is 5.91 Å². The van der Waals surface area contributed by atoms with Crippen LogP contribution in [0.25, 0.3) is 6.08 Å². The first kappa shape index (κ1) is 24.0. The molecule has 1 unspecified atom stereocenters. The Morgan fingerprint density at radius 2 is 2.03 bits per heavy atom. The quantitative estimate of drug-likeness (QED) is 0.390. The number of nitriles is 1. The van der Waals surface area contributed by atoms with E-state index in [4.69, 9.17) is 27.9 Å². The van der Waals surface area contributed by atoms with Gasteiger partial charge in [0.1, 0.15) is 17.4 Å². The van der Waals surface area contributed by atoms with Crippen molar-refractivity contribution in [1.82, 2.24) is 0 Å². The van der Waals surface area contributed by atoms with Crippen molar-refractivity contribution >= 4 is 46.6 Å². The second kappa shape index (κ2) is 9.44. The van der Waals surface area contributed by atoms with Gasteiger partial charge >= 0.3 is 0 Å². The number of halogens is 2. The first-order valence-corrected chi connectivity index (χ1v) is 11.2. The second-order valence-corrected chi connectivity index (χ2v) is 9.38. The molecule has 0 fully saturated rings. The average molecular weight is 472 g/mol. The molecule has 32 heavy (non-hydrogen) atoms. The van der Waals surface area contributed by atoms with Gasteiger partial charge in [-0.25, -0.2) is 0 Å². The maximum atomic E-state index is 12.8. The number of methoxy groups -OCH3 is 1. The fraction of sp³-hybridized carbons (Fsp3) is 0.360. The van der Waals surface area contributed by atoms with E-state index in [1.165, 1.54) is 5.56 Å². The highest BCUT2D eigenvalue weighted by Gasteiger charge is 2.36. The molecule has 0 bridgehead atoms. The first-order valence-electron chi connectivity index (χ1n) is 10.5. The summed E-state index contributed by atoms with van der Waals surface area (Å²) in [5.41, 5.74) is 3.45. The molecular weight excluding hydrogens is 445 g/mol. The van der Waals surface area contributed by atoms with Crippen LogP contribution < -0.4 is 15.0 Å². The van der Waals surface area contributed by atoms with Gasteiger partial charge in [-0.1, -0.05) is 30.1 Å². The summed E-state index contributed by atoms with van der Waals surface area (Å²) in [6.07, 6.45) is 2.57. The lowest BCUT2D eigenvalue weighted by Crippen LogP contribution is -2.48. The van der Waals surface area contributed by atoms with E-state index in [2.05, 4.69) is 37.9 Å². The van der Waals surface area contributed by atoms with Crippen LogP contribution in [0.15, 0.2) is 35.9 Å². The number of nitrogens with zero attached hydrogens (tertiary/aromatic N) is 2. The Hall–Kier alpha value is -2.68. The van der Waals surface area contributed by atoms with Crippen LogP contribution in [0.3, 0.4) is 0 Å². The monoisotopic (exact) mass is 471 g/mol. The molecular formula is C25H27Cl2N3O2. The predicted molar refractivity (Wildman–Crippen MR) is 132 cm³/mol. The van der Waals surface area contributed by atoms with Crippen molar-refractivity contribution in [2.75, 3.05) is 23.9 Å². The number of carbonyl (C=O) groups excluding carboxylic acids is 1. The van der Waals surface area contributed by atoms with E-state index in [0.717, 1.165) is 18.7 Å². The number of carbonyl (C=O) groups is 1. The standard InChI is InChI=1S/C25H27Cl2N3O2/c1-6-30-22-12-23(32-5)16(10-19(22)15(2)13-25(30,3)4)9-17(14-28)24(31)29-18-7-8-20(26)21(27)11-18/h7-12,15H,6,13H2,1-5H3,(H,29,31)/b17-9+. The van der Waals surface area contributed by atoms with Crippen molar-refractivity contribution < 1.29 is 9.53 Å². The van der Waals surface area contributed by atoms with E-state index in [1.807, 2.05) is 18.2 Å². The van der Waals surface area contributed by atoms with E-state index >= 15 is 0 Å². The highest BCUT2D eigenvalue weighted by atomic mass is 35.5. The van der Waals surface area contributed by atoms with Crippen LogP contribution in [0, 0.1) is 11.3 Å². The molecule has 0 saturated heterocycles. The number of hydrogen-bond acceptors (Lipinski definition) is 4. The van der Waals surface area contributed by atoms with Gasteiger partial charge in [-0.2, -0.15) is 5.26 Å². The Labute approximate surface area is 199 Å². The molecule has 3 rings (SSSR count). The lowest BCUT2D eigenvalue weighted by molar-refractivity contribution is -0.112. The molecule has 7 heteroatoms. The first-order chi connectivity index (χ1) is 15.1. The largest absolute Gasteiger partial charge is 0.496 e. The summed E-state index contributed by atoms with van der Waals surface area (Å²) in [7, 11) is 1.59. The van der Waals surface area contributed by atoms with E-state index in [1.54, 1.807) is 31.4 Å². The van der Waals surface area contributed by atoms with Crippen molar-refractivity contribution in [2.45, 2.75) is 45.6 Å². The molecule has 5 nitrogen and oxygen atoms in total. The van der Waals surface area contributed by atoms with Crippen LogP contribution in [0.2, 0.25) is 10.0 Å². The molecule has 1 aliphatic rings. The average Bonchev–Trinajstić information content (AvgIpc) is 2.73. The molecule has 1 aliphatic heterocycles. The maximum absolute atomic E-state index is 12.8. The molecule has 1 atom stereocenters. The van der Waals surface area contributed by atoms with E-state index in [-0.39, 0.29) is 11.1 Å². The highest BCUT2D eigenvalue weighted by molar-refractivity contribution is 6.42. The summed E-state index contributed by atoms with van der Waals surface area (Å²) in [6.45, 7) is 9.72. The van der Waals surface area contributed by atoms with Crippen molar-refractivity contribution in [3.63, 3.8) is 0 Å². The third kappa shape index (κ3) is 4.72. The van der Waals surface area contributed by atoms with E-state index < -0.39 is 5.91 Å². The summed E-state index contributed by atoms with van der Waals surface area (Å²) in [4.78, 5) is 15.1. The number of ether oxygens (including phenoxy) is 1. The number of hydrogen-bond donors (Lipinski definition) is 1. The van der Waals surface area contributed by atoms with E-state index in [0.29, 0.717) is 33.0 Å². The molecule has 1 N–H and O–H groups in total. The minimum Gasteiger partial charge on any atom is -0.496 e. The molecule has 0 radical (unpaired) electrons. The number of anilines is 2. The summed E-state index contributed by atoms with van der Waals surface area (Å²) in [5.74, 6) is 0.411. The molecule has 168 valence electrons. The van der Waals surface area contributed by atoms with Crippen molar-refractivity contribution in [1.29, 1.82) is 5.26 Å². The Morgan fingerprint density at radius 3 is 2.62 bits per heavy atom. The fourth-order valence-electron chi connectivity index (χ4n) is 4.49. The molecule has 1 amide bonds. The Kier molecular flexibility index (Phi) is 7.07. The van der Waals surface area contributed by atoms with Crippen LogP contribution in [-0.4, -0.2) is 25.1 Å². The number of fused-ring (bicyclic) bond motifs is 1. The maximum Gasteiger partial charge on any atom is 0.266 e. The summed E-state index contributed by atoms with van der Waals surface area (Å²) in [6, 6.07) is 10.8. The zero-order valence-electron chi connectivity index (χ0n) is 18.9. The molecule has 0 aromatic heterocycles.